The van der Waals surface area contributed by atoms with Gasteiger partial charge in [-0.05, 0) is 38.8 Å². The monoisotopic (exact) mass is 487 g/mol. The lowest BCUT2D eigenvalue weighted by atomic mass is 10.0. The predicted octanol–water partition coefficient (Wildman–Crippen LogP) is 3.14. The fourth-order valence-corrected chi connectivity index (χ4v) is 5.21. The Bertz CT molecular complexity index is 1260. The number of halogens is 2. The maximum absolute atomic E-state index is 15.3. The van der Waals surface area contributed by atoms with E-state index in [1.54, 1.807) is 6.07 Å². The summed E-state index contributed by atoms with van der Waals surface area (Å²) in [4.78, 5) is 13.0. The average Bonchev–Trinajstić information content (AvgIpc) is 3.57. The molecule has 5 atom stereocenters. The zero-order chi connectivity index (χ0) is 24.3. The third kappa shape index (κ3) is 3.96. The van der Waals surface area contributed by atoms with E-state index in [0.29, 0.717) is 31.8 Å². The number of aliphatic hydroxyl groups excluding tert-OH is 1. The summed E-state index contributed by atoms with van der Waals surface area (Å²) >= 11 is 0. The van der Waals surface area contributed by atoms with Crippen molar-refractivity contribution in [2.45, 2.75) is 63.2 Å². The first-order valence-electron chi connectivity index (χ1n) is 11.9. The second-order valence-corrected chi connectivity index (χ2v) is 9.65. The van der Waals surface area contributed by atoms with E-state index in [2.05, 4.69) is 20.3 Å². The van der Waals surface area contributed by atoms with Gasteiger partial charge in [0, 0.05) is 24.1 Å². The molecule has 0 spiro atoms. The van der Waals surface area contributed by atoms with Crippen molar-refractivity contribution in [2.24, 2.45) is 0 Å². The lowest BCUT2D eigenvalue weighted by Gasteiger charge is -2.32. The van der Waals surface area contributed by atoms with Crippen LogP contribution < -0.4 is 5.32 Å². The highest BCUT2D eigenvalue weighted by Gasteiger charge is 2.43. The van der Waals surface area contributed by atoms with Gasteiger partial charge in [-0.1, -0.05) is 0 Å². The minimum Gasteiger partial charge on any atom is -0.386 e. The number of hydrogen-bond acceptors (Lipinski definition) is 8. The molecule has 3 aromatic rings. The normalized spacial score (nSPS) is 28.3. The molecule has 2 N–H and O–H groups in total. The Hall–Kier alpha value is -2.73. The largest absolute Gasteiger partial charge is 0.386 e. The van der Waals surface area contributed by atoms with Gasteiger partial charge in [-0.25, -0.2) is 23.7 Å². The van der Waals surface area contributed by atoms with Gasteiger partial charge in [0.2, 0.25) is 5.95 Å². The highest BCUT2D eigenvalue weighted by atomic mass is 19.1. The number of nitrogens with one attached hydrogen (secondary N) is 1. The standard InChI is InChI=1S/C24H27F2N5O4/c1-11(2)31-18-6-13(5-15(25)20(18)29-22(31)12-3-4-33-9-12)19-16(26)8-27-24(30-19)28-17-7-14-10-34-23(35-14)21(17)32/h5-6,8,11-12,14,17,21,23,32H,3-4,7,9-10H2,1-2H3,(H,27,28,30)/t12-,14-,17+,21-,23+/m0/s1. The van der Waals surface area contributed by atoms with Crippen LogP contribution in [0.1, 0.15) is 44.5 Å². The number of imidazole rings is 1. The summed E-state index contributed by atoms with van der Waals surface area (Å²) in [5, 5.41) is 13.5. The second-order valence-electron chi connectivity index (χ2n) is 9.65. The molecule has 3 aliphatic heterocycles. The van der Waals surface area contributed by atoms with Crippen molar-refractivity contribution >= 4 is 17.0 Å². The Kier molecular flexibility index (Phi) is 5.67. The first kappa shape index (κ1) is 22.7. The van der Waals surface area contributed by atoms with E-state index in [4.69, 9.17) is 14.2 Å². The Morgan fingerprint density at radius 1 is 1.17 bits per heavy atom. The fraction of sp³-hybridized carbons (Fsp3) is 0.542. The topological polar surface area (TPSA) is 104 Å². The summed E-state index contributed by atoms with van der Waals surface area (Å²) in [6, 6.07) is 2.57. The maximum Gasteiger partial charge on any atom is 0.223 e. The molecule has 0 unspecified atom stereocenters. The van der Waals surface area contributed by atoms with E-state index in [9.17, 15) is 9.50 Å². The van der Waals surface area contributed by atoms with Gasteiger partial charge in [-0.2, -0.15) is 0 Å². The quantitative estimate of drug-likeness (QED) is 0.566. The van der Waals surface area contributed by atoms with Gasteiger partial charge in [0.1, 0.15) is 23.1 Å². The molecule has 35 heavy (non-hydrogen) atoms. The zero-order valence-electron chi connectivity index (χ0n) is 19.4. The minimum absolute atomic E-state index is 0.0188. The lowest BCUT2D eigenvalue weighted by molar-refractivity contribution is -0.156. The molecule has 6 rings (SSSR count). The molecule has 3 saturated heterocycles. The van der Waals surface area contributed by atoms with Crippen molar-refractivity contribution in [2.75, 3.05) is 25.1 Å². The Labute approximate surface area is 200 Å². The Morgan fingerprint density at radius 2 is 2.03 bits per heavy atom. The number of nitrogens with zero attached hydrogens (tertiary/aromatic N) is 4. The van der Waals surface area contributed by atoms with Gasteiger partial charge in [0.15, 0.2) is 17.9 Å². The van der Waals surface area contributed by atoms with Crippen molar-refractivity contribution in [3.8, 4) is 11.3 Å². The molecule has 2 bridgehead atoms. The van der Waals surface area contributed by atoms with Crippen molar-refractivity contribution in [1.82, 2.24) is 19.5 Å². The van der Waals surface area contributed by atoms with E-state index in [1.807, 2.05) is 18.4 Å². The SMILES string of the molecule is CC(C)n1c([C@H]2CCOC2)nc2c(F)cc(-c3nc(N[C@@H]4C[C@H]5CO[C@H](O5)[C@H]4O)ncc3F)cc21. The van der Waals surface area contributed by atoms with Crippen LogP contribution in [0, 0.1) is 11.6 Å². The van der Waals surface area contributed by atoms with Gasteiger partial charge in [0.05, 0.1) is 37.1 Å². The predicted molar refractivity (Wildman–Crippen MR) is 122 cm³/mol. The van der Waals surface area contributed by atoms with E-state index >= 15 is 4.39 Å². The number of aliphatic hydroxyl groups is 1. The number of fused-ring (bicyclic) bond motifs is 3. The smallest absolute Gasteiger partial charge is 0.223 e. The van der Waals surface area contributed by atoms with Crippen LogP contribution in [0.4, 0.5) is 14.7 Å². The lowest BCUT2D eigenvalue weighted by Crippen LogP contribution is -2.48. The molecule has 1 aromatic carbocycles. The number of hydrogen-bond donors (Lipinski definition) is 2. The van der Waals surface area contributed by atoms with Gasteiger partial charge in [-0.15, -0.1) is 0 Å². The first-order valence-corrected chi connectivity index (χ1v) is 11.9. The van der Waals surface area contributed by atoms with Crippen LogP contribution >= 0.6 is 0 Å². The summed E-state index contributed by atoms with van der Waals surface area (Å²) in [5.41, 5.74) is 1.08. The second kappa shape index (κ2) is 8.74. The zero-order valence-corrected chi connectivity index (χ0v) is 19.4. The van der Waals surface area contributed by atoms with Crippen LogP contribution in [0.3, 0.4) is 0 Å². The molecule has 3 fully saturated rings. The molecule has 2 aromatic heterocycles. The van der Waals surface area contributed by atoms with Crippen molar-refractivity contribution in [1.29, 1.82) is 0 Å². The van der Waals surface area contributed by atoms with Gasteiger partial charge >= 0.3 is 0 Å². The van der Waals surface area contributed by atoms with E-state index in [-0.39, 0.29) is 40.8 Å². The first-order chi connectivity index (χ1) is 16.9. The number of benzene rings is 1. The van der Waals surface area contributed by atoms with Crippen LogP contribution in [-0.4, -0.2) is 69.0 Å². The minimum atomic E-state index is -0.918. The summed E-state index contributed by atoms with van der Waals surface area (Å²) < 4.78 is 48.6. The van der Waals surface area contributed by atoms with Gasteiger partial charge in [0.25, 0.3) is 0 Å². The Balaban J connectivity index is 1.38. The highest BCUT2D eigenvalue weighted by Crippen LogP contribution is 2.35. The van der Waals surface area contributed by atoms with Gasteiger partial charge < -0.3 is 29.2 Å². The molecule has 11 heteroatoms. The maximum atomic E-state index is 15.3. The van der Waals surface area contributed by atoms with Crippen LogP contribution in [-0.2, 0) is 14.2 Å². The summed E-state index contributed by atoms with van der Waals surface area (Å²) in [5.74, 6) is -0.222. The number of rotatable bonds is 5. The molecular formula is C24H27F2N5O4. The third-order valence-corrected chi connectivity index (χ3v) is 6.90. The number of aromatic nitrogens is 4. The number of anilines is 1. The molecule has 5 heterocycles. The molecule has 0 amide bonds. The molecule has 186 valence electrons. The van der Waals surface area contributed by atoms with Crippen molar-refractivity contribution < 1.29 is 28.1 Å². The summed E-state index contributed by atoms with van der Waals surface area (Å²) in [6.45, 7) is 5.62. The van der Waals surface area contributed by atoms with Crippen LogP contribution in [0.25, 0.3) is 22.3 Å². The molecular weight excluding hydrogens is 460 g/mol. The molecule has 9 nitrogen and oxygen atoms in total. The third-order valence-electron chi connectivity index (χ3n) is 6.90. The molecule has 0 saturated carbocycles. The van der Waals surface area contributed by atoms with E-state index < -0.39 is 30.1 Å². The molecule has 0 aliphatic carbocycles. The van der Waals surface area contributed by atoms with Gasteiger partial charge in [-0.3, -0.25) is 0 Å². The highest BCUT2D eigenvalue weighted by molar-refractivity contribution is 5.83. The summed E-state index contributed by atoms with van der Waals surface area (Å²) in [6.07, 6.45) is 0.607. The van der Waals surface area contributed by atoms with Crippen molar-refractivity contribution in [3.05, 3.63) is 35.8 Å². The number of ether oxygens (including phenoxy) is 3. The summed E-state index contributed by atoms with van der Waals surface area (Å²) in [7, 11) is 0. The van der Waals surface area contributed by atoms with Crippen LogP contribution in [0.2, 0.25) is 0 Å². The van der Waals surface area contributed by atoms with Crippen molar-refractivity contribution in [3.63, 3.8) is 0 Å². The fourth-order valence-electron chi connectivity index (χ4n) is 5.21. The van der Waals surface area contributed by atoms with E-state index in [0.717, 1.165) is 18.4 Å². The molecule has 0 radical (unpaired) electrons. The molecule has 3 aliphatic rings. The van der Waals surface area contributed by atoms with E-state index in [1.165, 1.54) is 6.07 Å². The van der Waals surface area contributed by atoms with Crippen LogP contribution in [0.5, 0.6) is 0 Å². The average molecular weight is 488 g/mol. The van der Waals surface area contributed by atoms with Crippen LogP contribution in [0.15, 0.2) is 18.3 Å². The Morgan fingerprint density at radius 3 is 2.80 bits per heavy atom.